The van der Waals surface area contributed by atoms with Crippen LogP contribution in [-0.4, -0.2) is 42.7 Å². The average Bonchev–Trinajstić information content (AvgIpc) is 2.99. The molecule has 0 aliphatic carbocycles. The minimum Gasteiger partial charge on any atom is -0.426 e. The van der Waals surface area contributed by atoms with Crippen molar-refractivity contribution in [2.75, 3.05) is 11.5 Å². The first-order chi connectivity index (χ1) is 13.2. The smallest absolute Gasteiger partial charge is 0.308 e. The van der Waals surface area contributed by atoms with Gasteiger partial charge in [-0.1, -0.05) is 40.2 Å². The number of nitrogens with zero attached hydrogens (tertiary/aromatic N) is 1. The van der Waals surface area contributed by atoms with Crippen molar-refractivity contribution in [2.24, 2.45) is 0 Å². The largest absolute Gasteiger partial charge is 0.426 e. The van der Waals surface area contributed by atoms with Crippen LogP contribution >= 0.6 is 15.9 Å². The minimum absolute atomic E-state index is 0.0610. The number of rotatable bonds is 5. The number of hydrogen-bond donors (Lipinski definition) is 0. The van der Waals surface area contributed by atoms with Gasteiger partial charge in [-0.15, -0.1) is 0 Å². The summed E-state index contributed by atoms with van der Waals surface area (Å²) in [6, 6.07) is 13.6. The summed E-state index contributed by atoms with van der Waals surface area (Å²) >= 11 is 3.42. The molecule has 0 spiro atoms. The first-order valence-corrected chi connectivity index (χ1v) is 11.4. The van der Waals surface area contributed by atoms with Gasteiger partial charge in [-0.2, -0.15) is 0 Å². The number of halogens is 1. The molecule has 1 fully saturated rings. The van der Waals surface area contributed by atoms with Crippen molar-refractivity contribution in [2.45, 2.75) is 25.9 Å². The monoisotopic (exact) mass is 465 g/mol. The second kappa shape index (κ2) is 8.45. The molecule has 3 rings (SSSR count). The lowest BCUT2D eigenvalue weighted by Gasteiger charge is -2.29. The second-order valence-electron chi connectivity index (χ2n) is 6.71. The van der Waals surface area contributed by atoms with Gasteiger partial charge >= 0.3 is 5.97 Å². The van der Waals surface area contributed by atoms with Crippen LogP contribution in [0.2, 0.25) is 0 Å². The number of hydrogen-bond acceptors (Lipinski definition) is 5. The Morgan fingerprint density at radius 2 is 1.93 bits per heavy atom. The first-order valence-electron chi connectivity index (χ1n) is 8.78. The molecule has 1 saturated heterocycles. The van der Waals surface area contributed by atoms with E-state index in [-0.39, 0.29) is 35.3 Å². The summed E-state index contributed by atoms with van der Waals surface area (Å²) < 4.78 is 30.1. The van der Waals surface area contributed by atoms with Crippen molar-refractivity contribution >= 4 is 37.6 Å². The van der Waals surface area contributed by atoms with Crippen LogP contribution < -0.4 is 4.74 Å². The molecule has 1 aliphatic rings. The van der Waals surface area contributed by atoms with E-state index in [4.69, 9.17) is 4.74 Å². The lowest BCUT2D eigenvalue weighted by molar-refractivity contribution is -0.131. The van der Waals surface area contributed by atoms with Gasteiger partial charge in [-0.3, -0.25) is 9.59 Å². The van der Waals surface area contributed by atoms with Gasteiger partial charge in [0, 0.05) is 24.0 Å². The zero-order valence-electron chi connectivity index (χ0n) is 15.3. The van der Waals surface area contributed by atoms with Crippen LogP contribution in [0.3, 0.4) is 0 Å². The van der Waals surface area contributed by atoms with Crippen molar-refractivity contribution in [3.8, 4) is 5.75 Å². The summed E-state index contributed by atoms with van der Waals surface area (Å²) in [7, 11) is -3.17. The highest BCUT2D eigenvalue weighted by molar-refractivity contribution is 9.10. The third kappa shape index (κ3) is 4.99. The van der Waals surface area contributed by atoms with Crippen LogP contribution in [0.15, 0.2) is 53.0 Å². The molecule has 0 radical (unpaired) electrons. The molecular weight excluding hydrogens is 446 g/mol. The average molecular weight is 466 g/mol. The van der Waals surface area contributed by atoms with Crippen molar-refractivity contribution < 1.29 is 22.7 Å². The number of esters is 1. The lowest BCUT2D eigenvalue weighted by atomic mass is 10.1. The maximum absolute atomic E-state index is 13.4. The van der Waals surface area contributed by atoms with E-state index in [1.54, 1.807) is 29.2 Å². The van der Waals surface area contributed by atoms with Gasteiger partial charge in [0.05, 0.1) is 17.1 Å². The first kappa shape index (κ1) is 20.5. The molecule has 1 aliphatic heterocycles. The normalized spacial score (nSPS) is 17.9. The summed E-state index contributed by atoms with van der Waals surface area (Å²) in [6.07, 6.45) is 0.387. The molecule has 1 heterocycles. The highest BCUT2D eigenvalue weighted by atomic mass is 79.9. The molecule has 0 aromatic heterocycles. The summed E-state index contributed by atoms with van der Waals surface area (Å²) in [5.74, 6) is -0.727. The van der Waals surface area contributed by atoms with Crippen molar-refractivity contribution in [1.82, 2.24) is 4.90 Å². The molecule has 1 unspecified atom stereocenters. The molecule has 2 aromatic carbocycles. The standard InChI is InChI=1S/C20H20BrNO5S/c1-14(23)27-19-8-3-2-7-18(19)20(24)22(17-9-10-28(25,26)13-17)12-15-5-4-6-16(21)11-15/h2-8,11,17H,9-10,12-13H2,1H3. The third-order valence-corrected chi connectivity index (χ3v) is 6.77. The van der Waals surface area contributed by atoms with E-state index in [1.165, 1.54) is 6.92 Å². The Labute approximate surface area is 172 Å². The van der Waals surface area contributed by atoms with Crippen LogP contribution in [0, 0.1) is 0 Å². The van der Waals surface area contributed by atoms with E-state index < -0.39 is 21.8 Å². The molecule has 1 amide bonds. The van der Waals surface area contributed by atoms with Crippen LogP contribution in [0.1, 0.15) is 29.3 Å². The molecule has 0 bridgehead atoms. The van der Waals surface area contributed by atoms with Crippen LogP contribution in [-0.2, 0) is 21.2 Å². The molecule has 148 valence electrons. The number of ether oxygens (including phenoxy) is 1. The third-order valence-electron chi connectivity index (χ3n) is 4.52. The van der Waals surface area contributed by atoms with E-state index in [1.807, 2.05) is 24.3 Å². The number of sulfone groups is 1. The van der Waals surface area contributed by atoms with Gasteiger partial charge < -0.3 is 9.64 Å². The van der Waals surface area contributed by atoms with E-state index in [2.05, 4.69) is 15.9 Å². The van der Waals surface area contributed by atoms with Gasteiger partial charge in [0.1, 0.15) is 5.75 Å². The highest BCUT2D eigenvalue weighted by Gasteiger charge is 2.35. The van der Waals surface area contributed by atoms with Crippen LogP contribution in [0.5, 0.6) is 5.75 Å². The Morgan fingerprint density at radius 1 is 1.18 bits per heavy atom. The number of amides is 1. The Balaban J connectivity index is 1.97. The number of benzene rings is 2. The fourth-order valence-electron chi connectivity index (χ4n) is 3.26. The second-order valence-corrected chi connectivity index (χ2v) is 9.85. The van der Waals surface area contributed by atoms with Crippen molar-refractivity contribution in [3.63, 3.8) is 0 Å². The fourth-order valence-corrected chi connectivity index (χ4v) is 5.44. The Kier molecular flexibility index (Phi) is 6.20. The topological polar surface area (TPSA) is 80.8 Å². The molecule has 0 saturated carbocycles. The summed E-state index contributed by atoms with van der Waals surface area (Å²) in [5.41, 5.74) is 1.11. The zero-order valence-corrected chi connectivity index (χ0v) is 17.7. The molecule has 6 nitrogen and oxygen atoms in total. The number of carbonyl (C=O) groups is 2. The molecular formula is C20H20BrNO5S. The SMILES string of the molecule is CC(=O)Oc1ccccc1C(=O)N(Cc1cccc(Br)c1)C1CCS(=O)(=O)C1. The summed E-state index contributed by atoms with van der Waals surface area (Å²) in [5, 5.41) is 0. The van der Waals surface area contributed by atoms with Crippen LogP contribution in [0.25, 0.3) is 0 Å². The van der Waals surface area contributed by atoms with Gasteiger partial charge in [0.2, 0.25) is 0 Å². The summed E-state index contributed by atoms with van der Waals surface area (Å²) in [4.78, 5) is 26.3. The van der Waals surface area contributed by atoms with E-state index in [9.17, 15) is 18.0 Å². The maximum Gasteiger partial charge on any atom is 0.308 e. The fraction of sp³-hybridized carbons (Fsp3) is 0.300. The number of carbonyl (C=O) groups excluding carboxylic acids is 2. The zero-order chi connectivity index (χ0) is 20.3. The van der Waals surface area contributed by atoms with E-state index in [0.29, 0.717) is 6.42 Å². The number of para-hydroxylation sites is 1. The quantitative estimate of drug-likeness (QED) is 0.500. The van der Waals surface area contributed by atoms with E-state index in [0.717, 1.165) is 10.0 Å². The van der Waals surface area contributed by atoms with E-state index >= 15 is 0 Å². The minimum atomic E-state index is -3.17. The van der Waals surface area contributed by atoms with Crippen LogP contribution in [0.4, 0.5) is 0 Å². The Bertz CT molecular complexity index is 1010. The molecule has 2 aromatic rings. The van der Waals surface area contributed by atoms with Gasteiger partial charge in [0.25, 0.3) is 5.91 Å². The van der Waals surface area contributed by atoms with Crippen molar-refractivity contribution in [3.05, 3.63) is 64.1 Å². The predicted molar refractivity (Wildman–Crippen MR) is 109 cm³/mol. The molecule has 8 heteroatoms. The lowest BCUT2D eigenvalue weighted by Crippen LogP contribution is -2.40. The molecule has 28 heavy (non-hydrogen) atoms. The summed E-state index contributed by atoms with van der Waals surface area (Å²) in [6.45, 7) is 1.52. The Hall–Kier alpha value is -2.19. The molecule has 1 atom stereocenters. The van der Waals surface area contributed by atoms with Crippen molar-refractivity contribution in [1.29, 1.82) is 0 Å². The van der Waals surface area contributed by atoms with Gasteiger partial charge in [0.15, 0.2) is 9.84 Å². The highest BCUT2D eigenvalue weighted by Crippen LogP contribution is 2.27. The maximum atomic E-state index is 13.4. The van der Waals surface area contributed by atoms with Gasteiger partial charge in [-0.25, -0.2) is 8.42 Å². The predicted octanol–water partition coefficient (Wildman–Crippen LogP) is 3.20. The Morgan fingerprint density at radius 3 is 2.57 bits per heavy atom. The van der Waals surface area contributed by atoms with Gasteiger partial charge in [-0.05, 0) is 36.2 Å². The molecule has 0 N–H and O–H groups in total.